The number of ether oxygens (including phenoxy) is 1. The fourth-order valence-electron chi connectivity index (χ4n) is 6.25. The zero-order valence-corrected chi connectivity index (χ0v) is 23.0. The lowest BCUT2D eigenvalue weighted by molar-refractivity contribution is -0.132. The fraction of sp³-hybridized carbons (Fsp3) is 0.548. The Labute approximate surface area is 231 Å². The summed E-state index contributed by atoms with van der Waals surface area (Å²) in [6.07, 6.45) is 5.34. The number of amides is 1. The second kappa shape index (κ2) is 12.6. The van der Waals surface area contributed by atoms with Gasteiger partial charge in [0.1, 0.15) is 11.9 Å². The molecule has 8 heteroatoms. The standard InChI is InChI=1S/C31H42N4O4/c1-2-22-10-11-26-25(16-22)27(17-31(34-26)13-6-7-14-31)32-18-28(37)30(39-21-23-8-4-3-5-9-23)33-29(38)20-35-15-12-24(36)19-35/h3-5,8-11,16,27-28,30,32,34,37H,2,6-7,12-15,17-21H2,1H3,(H,33,38)/t27-,28-,30+/m1/s1. The number of likely N-dealkylation sites (tertiary alicyclic amines) is 1. The average Bonchev–Trinajstić information content (AvgIpc) is 3.57. The first kappa shape index (κ1) is 27.8. The third-order valence-electron chi connectivity index (χ3n) is 8.43. The van der Waals surface area contributed by atoms with Gasteiger partial charge in [0.15, 0.2) is 6.23 Å². The molecule has 1 aliphatic carbocycles. The third kappa shape index (κ3) is 7.06. The van der Waals surface area contributed by atoms with Gasteiger partial charge in [-0.3, -0.25) is 14.5 Å². The first-order chi connectivity index (χ1) is 18.9. The van der Waals surface area contributed by atoms with Crippen molar-refractivity contribution in [2.24, 2.45) is 0 Å². The van der Waals surface area contributed by atoms with Crippen molar-refractivity contribution in [3.63, 3.8) is 0 Å². The minimum Gasteiger partial charge on any atom is -0.387 e. The molecule has 1 saturated heterocycles. The molecule has 1 spiro atoms. The first-order valence-electron chi connectivity index (χ1n) is 14.4. The van der Waals surface area contributed by atoms with Crippen LogP contribution in [0.1, 0.15) is 68.2 Å². The number of benzene rings is 2. The van der Waals surface area contributed by atoms with Gasteiger partial charge in [-0.25, -0.2) is 0 Å². The quantitative estimate of drug-likeness (QED) is 0.328. The van der Waals surface area contributed by atoms with Crippen molar-refractivity contribution >= 4 is 17.4 Å². The van der Waals surface area contributed by atoms with Crippen LogP contribution < -0.4 is 16.0 Å². The minimum atomic E-state index is -0.954. The monoisotopic (exact) mass is 534 g/mol. The second-order valence-electron chi connectivity index (χ2n) is 11.4. The van der Waals surface area contributed by atoms with Crippen molar-refractivity contribution in [2.75, 3.05) is 31.5 Å². The van der Waals surface area contributed by atoms with Crippen LogP contribution in [0.25, 0.3) is 0 Å². The van der Waals surface area contributed by atoms with E-state index in [1.54, 1.807) is 0 Å². The van der Waals surface area contributed by atoms with Gasteiger partial charge in [0, 0.05) is 36.8 Å². The highest BCUT2D eigenvalue weighted by atomic mass is 16.5. The lowest BCUT2D eigenvalue weighted by Gasteiger charge is -2.42. The van der Waals surface area contributed by atoms with E-state index in [1.807, 2.05) is 35.2 Å². The van der Waals surface area contributed by atoms with Crippen LogP contribution in [0.2, 0.25) is 0 Å². The van der Waals surface area contributed by atoms with E-state index in [9.17, 15) is 14.7 Å². The summed E-state index contributed by atoms with van der Waals surface area (Å²) in [4.78, 5) is 26.3. The van der Waals surface area contributed by atoms with E-state index < -0.39 is 12.3 Å². The smallest absolute Gasteiger partial charge is 0.236 e. The van der Waals surface area contributed by atoms with Crippen molar-refractivity contribution in [1.29, 1.82) is 0 Å². The van der Waals surface area contributed by atoms with Gasteiger partial charge in [-0.15, -0.1) is 0 Å². The minimum absolute atomic E-state index is 0.0912. The molecule has 2 heterocycles. The number of nitrogens with zero attached hydrogens (tertiary/aromatic N) is 1. The molecule has 1 saturated carbocycles. The van der Waals surface area contributed by atoms with E-state index in [4.69, 9.17) is 4.74 Å². The number of aliphatic hydroxyl groups is 1. The molecule has 0 aromatic heterocycles. The number of rotatable bonds is 11. The Morgan fingerprint density at radius 2 is 1.97 bits per heavy atom. The number of ketones is 1. The predicted molar refractivity (Wildman–Crippen MR) is 151 cm³/mol. The van der Waals surface area contributed by atoms with E-state index in [0.717, 1.165) is 31.2 Å². The fourth-order valence-corrected chi connectivity index (χ4v) is 6.25. The summed E-state index contributed by atoms with van der Waals surface area (Å²) in [5, 5.41) is 21.7. The van der Waals surface area contributed by atoms with Crippen LogP contribution in [0.3, 0.4) is 0 Å². The zero-order chi connectivity index (χ0) is 27.2. The predicted octanol–water partition coefficient (Wildman–Crippen LogP) is 3.30. The second-order valence-corrected chi connectivity index (χ2v) is 11.4. The Hall–Kier alpha value is -2.78. The molecule has 8 nitrogen and oxygen atoms in total. The van der Waals surface area contributed by atoms with Crippen molar-refractivity contribution in [3.05, 3.63) is 65.2 Å². The molecule has 2 fully saturated rings. The third-order valence-corrected chi connectivity index (χ3v) is 8.43. The van der Waals surface area contributed by atoms with Gasteiger partial charge in [0.25, 0.3) is 0 Å². The molecule has 2 aliphatic heterocycles. The lowest BCUT2D eigenvalue weighted by Crippen LogP contribution is -2.52. The number of aliphatic hydroxyl groups excluding tert-OH is 1. The van der Waals surface area contributed by atoms with Crippen LogP contribution in [0, 0.1) is 0 Å². The molecule has 2 aromatic carbocycles. The number of anilines is 1. The first-order valence-corrected chi connectivity index (χ1v) is 14.4. The molecule has 1 amide bonds. The topological polar surface area (TPSA) is 103 Å². The van der Waals surface area contributed by atoms with Crippen LogP contribution in [0.5, 0.6) is 0 Å². The van der Waals surface area contributed by atoms with Gasteiger partial charge in [0.2, 0.25) is 5.91 Å². The molecule has 39 heavy (non-hydrogen) atoms. The van der Waals surface area contributed by atoms with Crippen molar-refractivity contribution in [1.82, 2.24) is 15.5 Å². The van der Waals surface area contributed by atoms with Gasteiger partial charge in [0.05, 0.1) is 19.7 Å². The van der Waals surface area contributed by atoms with Crippen molar-refractivity contribution < 1.29 is 19.4 Å². The molecule has 5 rings (SSSR count). The number of hydrogen-bond donors (Lipinski definition) is 4. The molecule has 0 unspecified atom stereocenters. The SMILES string of the molecule is CCc1ccc2c(c1)[C@H](NC[C@@H](O)[C@@H](NC(=O)CN1CCC(=O)C1)OCc1ccccc1)CC1(CCCC1)N2. The normalized spacial score (nSPS) is 21.9. The Bertz CT molecular complexity index is 1130. The van der Waals surface area contributed by atoms with Crippen LogP contribution in [0.4, 0.5) is 5.69 Å². The molecule has 4 N–H and O–H groups in total. The Kier molecular flexibility index (Phi) is 8.97. The highest BCUT2D eigenvalue weighted by molar-refractivity contribution is 5.84. The highest BCUT2D eigenvalue weighted by Crippen LogP contribution is 2.45. The van der Waals surface area contributed by atoms with E-state index in [1.165, 1.54) is 29.7 Å². The molecular formula is C31H42N4O4. The Morgan fingerprint density at radius 1 is 1.18 bits per heavy atom. The van der Waals surface area contributed by atoms with Crippen LogP contribution in [-0.4, -0.2) is 65.7 Å². The molecule has 3 atom stereocenters. The Balaban J connectivity index is 1.26. The maximum Gasteiger partial charge on any atom is 0.236 e. The summed E-state index contributed by atoms with van der Waals surface area (Å²) in [6.45, 7) is 3.70. The summed E-state index contributed by atoms with van der Waals surface area (Å²) in [5.74, 6) is -0.107. The number of nitrogens with one attached hydrogen (secondary N) is 3. The van der Waals surface area contributed by atoms with Crippen molar-refractivity contribution in [2.45, 2.75) is 82.4 Å². The molecular weight excluding hydrogens is 492 g/mol. The summed E-state index contributed by atoms with van der Waals surface area (Å²) >= 11 is 0. The van der Waals surface area contributed by atoms with Gasteiger partial charge >= 0.3 is 0 Å². The van der Waals surface area contributed by atoms with E-state index in [-0.39, 0.29) is 43.0 Å². The highest BCUT2D eigenvalue weighted by Gasteiger charge is 2.41. The summed E-state index contributed by atoms with van der Waals surface area (Å²) in [6, 6.07) is 16.5. The van der Waals surface area contributed by atoms with Crippen molar-refractivity contribution in [3.8, 4) is 0 Å². The number of Topliss-reactive ketones (excluding diaryl/α,β-unsaturated/α-hetero) is 1. The number of carbonyl (C=O) groups is 2. The molecule has 0 bridgehead atoms. The largest absolute Gasteiger partial charge is 0.387 e. The van der Waals surface area contributed by atoms with Crippen LogP contribution in [-0.2, 0) is 27.4 Å². The van der Waals surface area contributed by atoms with E-state index in [2.05, 4.69) is 41.1 Å². The summed E-state index contributed by atoms with van der Waals surface area (Å²) in [7, 11) is 0. The van der Waals surface area contributed by atoms with E-state index in [0.29, 0.717) is 19.5 Å². The van der Waals surface area contributed by atoms with Crippen LogP contribution >= 0.6 is 0 Å². The van der Waals surface area contributed by atoms with E-state index >= 15 is 0 Å². The summed E-state index contributed by atoms with van der Waals surface area (Å²) < 4.78 is 6.07. The average molecular weight is 535 g/mol. The zero-order valence-electron chi connectivity index (χ0n) is 23.0. The number of carbonyl (C=O) groups excluding carboxylic acids is 2. The molecule has 2 aromatic rings. The number of fused-ring (bicyclic) bond motifs is 1. The van der Waals surface area contributed by atoms with Gasteiger partial charge < -0.3 is 25.8 Å². The number of hydrogen-bond acceptors (Lipinski definition) is 7. The van der Waals surface area contributed by atoms with Gasteiger partial charge in [-0.2, -0.15) is 0 Å². The maximum absolute atomic E-state index is 12.9. The van der Waals surface area contributed by atoms with Gasteiger partial charge in [-0.05, 0) is 48.4 Å². The summed E-state index contributed by atoms with van der Waals surface area (Å²) in [5.41, 5.74) is 4.77. The molecule has 3 aliphatic rings. The molecule has 210 valence electrons. The Morgan fingerprint density at radius 3 is 2.69 bits per heavy atom. The molecule has 0 radical (unpaired) electrons. The maximum atomic E-state index is 12.9. The number of aryl methyl sites for hydroxylation is 1. The van der Waals surface area contributed by atoms with Crippen LogP contribution in [0.15, 0.2) is 48.5 Å². The lowest BCUT2D eigenvalue weighted by atomic mass is 9.81. The van der Waals surface area contributed by atoms with Gasteiger partial charge in [-0.1, -0.05) is 62.2 Å².